The van der Waals surface area contributed by atoms with Gasteiger partial charge in [0.2, 0.25) is 0 Å². The number of carbonyl (C=O) groups is 2. The predicted octanol–water partition coefficient (Wildman–Crippen LogP) is 1.46. The van der Waals surface area contributed by atoms with E-state index in [4.69, 9.17) is 5.11 Å². The molecule has 7 nitrogen and oxygen atoms in total. The summed E-state index contributed by atoms with van der Waals surface area (Å²) in [5, 5.41) is 8.66. The molecular weight excluding hydrogens is 318 g/mol. The summed E-state index contributed by atoms with van der Waals surface area (Å²) in [6, 6.07) is 2.68. The first kappa shape index (κ1) is 17.6. The van der Waals surface area contributed by atoms with Crippen LogP contribution in [-0.2, 0) is 19.6 Å². The molecule has 2 N–H and O–H groups in total. The Morgan fingerprint density at radius 1 is 1.38 bits per heavy atom. The second-order valence-corrected chi connectivity index (χ2v) is 7.99. The highest BCUT2D eigenvalue weighted by Gasteiger charge is 2.28. The number of carboxylic acids is 1. The maximum Gasteiger partial charge on any atom is 0.348 e. The SMILES string of the molecule is COC(=O)c1ccc(S(=O)(=O)NC(C)(C)CCC(=O)O)s1. The number of rotatable bonds is 7. The fraction of sp³-hybridized carbons (Fsp3) is 0.500. The van der Waals surface area contributed by atoms with Crippen LogP contribution in [-0.4, -0.2) is 38.1 Å². The van der Waals surface area contributed by atoms with Crippen molar-refractivity contribution >= 4 is 33.3 Å². The topological polar surface area (TPSA) is 110 Å². The number of carbonyl (C=O) groups excluding carboxylic acids is 1. The van der Waals surface area contributed by atoms with Gasteiger partial charge in [0, 0.05) is 12.0 Å². The molecule has 118 valence electrons. The van der Waals surface area contributed by atoms with Gasteiger partial charge in [-0.05, 0) is 32.4 Å². The second kappa shape index (κ2) is 6.54. The van der Waals surface area contributed by atoms with Crippen molar-refractivity contribution < 1.29 is 27.9 Å². The van der Waals surface area contributed by atoms with Gasteiger partial charge in [0.1, 0.15) is 9.09 Å². The van der Waals surface area contributed by atoms with Gasteiger partial charge in [0.25, 0.3) is 10.0 Å². The molecule has 0 aliphatic carbocycles. The summed E-state index contributed by atoms with van der Waals surface area (Å²) >= 11 is 0.796. The Morgan fingerprint density at radius 2 is 2.00 bits per heavy atom. The van der Waals surface area contributed by atoms with Crippen LogP contribution < -0.4 is 4.72 Å². The van der Waals surface area contributed by atoms with E-state index in [9.17, 15) is 18.0 Å². The zero-order chi connectivity index (χ0) is 16.3. The smallest absolute Gasteiger partial charge is 0.348 e. The minimum atomic E-state index is -3.82. The zero-order valence-electron chi connectivity index (χ0n) is 11.9. The Kier molecular flexibility index (Phi) is 5.48. The van der Waals surface area contributed by atoms with E-state index in [1.807, 2.05) is 0 Å². The molecule has 0 radical (unpaired) electrons. The van der Waals surface area contributed by atoms with Crippen molar-refractivity contribution in [1.29, 1.82) is 0 Å². The van der Waals surface area contributed by atoms with Crippen LogP contribution in [0.3, 0.4) is 0 Å². The molecule has 1 heterocycles. The number of nitrogens with one attached hydrogen (secondary N) is 1. The average molecular weight is 335 g/mol. The lowest BCUT2D eigenvalue weighted by molar-refractivity contribution is -0.137. The van der Waals surface area contributed by atoms with Crippen LogP contribution in [0.25, 0.3) is 0 Å². The first-order chi connectivity index (χ1) is 9.57. The molecule has 0 atom stereocenters. The van der Waals surface area contributed by atoms with Crippen molar-refractivity contribution in [3.05, 3.63) is 17.0 Å². The lowest BCUT2D eigenvalue weighted by Crippen LogP contribution is -2.43. The van der Waals surface area contributed by atoms with Gasteiger partial charge in [-0.25, -0.2) is 17.9 Å². The number of sulfonamides is 1. The highest BCUT2D eigenvalue weighted by Crippen LogP contribution is 2.24. The fourth-order valence-corrected chi connectivity index (χ4v) is 4.23. The van der Waals surface area contributed by atoms with E-state index in [-0.39, 0.29) is 21.9 Å². The molecule has 1 rings (SSSR count). The number of methoxy groups -OCH3 is 1. The van der Waals surface area contributed by atoms with E-state index in [2.05, 4.69) is 9.46 Å². The molecular formula is C12H17NO6S2. The van der Waals surface area contributed by atoms with Crippen LogP contribution >= 0.6 is 11.3 Å². The molecule has 0 aliphatic rings. The molecule has 1 aromatic rings. The standard InChI is InChI=1S/C12H17NO6S2/c1-12(2,7-6-9(14)15)13-21(17,18)10-5-4-8(20-10)11(16)19-3/h4-5,13H,6-7H2,1-3H3,(H,14,15). The molecule has 0 spiro atoms. The predicted molar refractivity (Wildman–Crippen MR) is 76.9 cm³/mol. The van der Waals surface area contributed by atoms with Crippen LogP contribution in [0, 0.1) is 0 Å². The van der Waals surface area contributed by atoms with E-state index in [1.165, 1.54) is 19.2 Å². The number of carboxylic acid groups (broad SMARTS) is 1. The maximum atomic E-state index is 12.2. The zero-order valence-corrected chi connectivity index (χ0v) is 13.5. The van der Waals surface area contributed by atoms with Crippen LogP contribution in [0.1, 0.15) is 36.4 Å². The van der Waals surface area contributed by atoms with Crippen molar-refractivity contribution in [2.24, 2.45) is 0 Å². The van der Waals surface area contributed by atoms with Gasteiger partial charge in [-0.2, -0.15) is 0 Å². The summed E-state index contributed by atoms with van der Waals surface area (Å²) in [6.45, 7) is 3.20. The number of ether oxygens (including phenoxy) is 1. The van der Waals surface area contributed by atoms with Gasteiger partial charge >= 0.3 is 11.9 Å². The van der Waals surface area contributed by atoms with E-state index >= 15 is 0 Å². The Morgan fingerprint density at radius 3 is 2.52 bits per heavy atom. The van der Waals surface area contributed by atoms with Crippen LogP contribution in [0.4, 0.5) is 0 Å². The van der Waals surface area contributed by atoms with Gasteiger partial charge in [-0.3, -0.25) is 4.79 Å². The molecule has 0 unspecified atom stereocenters. The molecule has 21 heavy (non-hydrogen) atoms. The third-order valence-electron chi connectivity index (χ3n) is 2.61. The van der Waals surface area contributed by atoms with Crippen molar-refractivity contribution in [3.8, 4) is 0 Å². The van der Waals surface area contributed by atoms with Crippen molar-refractivity contribution in [2.45, 2.75) is 36.4 Å². The second-order valence-electron chi connectivity index (χ2n) is 4.99. The molecule has 0 fully saturated rings. The largest absolute Gasteiger partial charge is 0.481 e. The number of hydrogen-bond donors (Lipinski definition) is 2. The maximum absolute atomic E-state index is 12.2. The number of hydrogen-bond acceptors (Lipinski definition) is 6. The Balaban J connectivity index is 2.88. The number of thiophene rings is 1. The molecule has 0 aromatic carbocycles. The summed E-state index contributed by atoms with van der Waals surface area (Å²) in [5.41, 5.74) is -0.910. The Hall–Kier alpha value is -1.45. The third-order valence-corrected chi connectivity index (χ3v) is 5.86. The number of aliphatic carboxylic acids is 1. The van der Waals surface area contributed by atoms with Gasteiger partial charge < -0.3 is 9.84 Å². The van der Waals surface area contributed by atoms with Gasteiger partial charge in [0.05, 0.1) is 7.11 Å². The molecule has 0 aliphatic heterocycles. The fourth-order valence-electron chi connectivity index (χ4n) is 1.56. The van der Waals surface area contributed by atoms with Gasteiger partial charge in [-0.1, -0.05) is 0 Å². The lowest BCUT2D eigenvalue weighted by Gasteiger charge is -2.24. The molecule has 0 saturated carbocycles. The van der Waals surface area contributed by atoms with Crippen molar-refractivity contribution in [2.75, 3.05) is 7.11 Å². The monoisotopic (exact) mass is 335 g/mol. The summed E-state index contributed by atoms with van der Waals surface area (Å²) in [4.78, 5) is 22.1. The number of esters is 1. The Labute approximate surface area is 127 Å². The van der Waals surface area contributed by atoms with E-state index in [0.29, 0.717) is 0 Å². The van der Waals surface area contributed by atoms with Crippen molar-refractivity contribution in [3.63, 3.8) is 0 Å². The van der Waals surface area contributed by atoms with Gasteiger partial charge in [-0.15, -0.1) is 11.3 Å². The molecule has 0 saturated heterocycles. The third kappa shape index (κ3) is 5.10. The highest BCUT2D eigenvalue weighted by atomic mass is 32.2. The molecule has 0 bridgehead atoms. The molecule has 9 heteroatoms. The molecule has 1 aromatic heterocycles. The normalized spacial score (nSPS) is 12.1. The Bertz CT molecular complexity index is 632. The quantitative estimate of drug-likeness (QED) is 0.730. The summed E-state index contributed by atoms with van der Waals surface area (Å²) in [7, 11) is -2.61. The summed E-state index contributed by atoms with van der Waals surface area (Å²) in [6.07, 6.45) is 0.00414. The van der Waals surface area contributed by atoms with Crippen molar-refractivity contribution in [1.82, 2.24) is 4.72 Å². The van der Waals surface area contributed by atoms with Crippen LogP contribution in [0.15, 0.2) is 16.3 Å². The minimum absolute atomic E-state index is 0.0219. The minimum Gasteiger partial charge on any atom is -0.481 e. The first-order valence-corrected chi connectivity index (χ1v) is 8.31. The average Bonchev–Trinajstić information content (AvgIpc) is 2.85. The van der Waals surface area contributed by atoms with Crippen LogP contribution in [0.5, 0.6) is 0 Å². The summed E-state index contributed by atoms with van der Waals surface area (Å²) in [5.74, 6) is -1.60. The van der Waals surface area contributed by atoms with Crippen LogP contribution in [0.2, 0.25) is 0 Å². The highest BCUT2D eigenvalue weighted by molar-refractivity contribution is 7.91. The molecule has 0 amide bonds. The van der Waals surface area contributed by atoms with E-state index in [1.54, 1.807) is 13.8 Å². The van der Waals surface area contributed by atoms with Gasteiger partial charge in [0.15, 0.2) is 0 Å². The first-order valence-electron chi connectivity index (χ1n) is 6.01. The lowest BCUT2D eigenvalue weighted by atomic mass is 10.0. The van der Waals surface area contributed by atoms with E-state index in [0.717, 1.165) is 11.3 Å². The summed E-state index contributed by atoms with van der Waals surface area (Å²) < 4.78 is 31.4. The van der Waals surface area contributed by atoms with E-state index < -0.39 is 27.5 Å².